The molecule has 0 unspecified atom stereocenters. The number of carbonyl (C=O) groups excluding carboxylic acids is 1. The van der Waals surface area contributed by atoms with Gasteiger partial charge in [0, 0.05) is 4.88 Å². The molecule has 2 rings (SSSR count). The van der Waals surface area contributed by atoms with Crippen LogP contribution >= 0.6 is 11.3 Å². The molecule has 2 aromatic rings. The number of anilines is 1. The Kier molecular flexibility index (Phi) is 3.74. The predicted octanol–water partition coefficient (Wildman–Crippen LogP) is 2.40. The first-order chi connectivity index (χ1) is 8.58. The Labute approximate surface area is 110 Å². The highest BCUT2D eigenvalue weighted by atomic mass is 32.1. The number of hydrogen-bond donors (Lipinski definition) is 2. The van der Waals surface area contributed by atoms with Gasteiger partial charge in [0.05, 0.1) is 5.69 Å². The SMILES string of the molecule is Cc1nc(NC(=O)[C@@H](N)c2ccccc2)sc1C. The van der Waals surface area contributed by atoms with Gasteiger partial charge in [-0.3, -0.25) is 4.79 Å². The quantitative estimate of drug-likeness (QED) is 0.891. The van der Waals surface area contributed by atoms with Gasteiger partial charge in [-0.2, -0.15) is 0 Å². The Balaban J connectivity index is 2.08. The number of amides is 1. The molecule has 94 valence electrons. The van der Waals surface area contributed by atoms with E-state index in [0.29, 0.717) is 5.13 Å². The van der Waals surface area contributed by atoms with Crippen LogP contribution in [0, 0.1) is 13.8 Å². The van der Waals surface area contributed by atoms with Gasteiger partial charge in [-0.05, 0) is 19.4 Å². The minimum atomic E-state index is -0.671. The molecule has 1 amide bonds. The summed E-state index contributed by atoms with van der Waals surface area (Å²) < 4.78 is 0. The zero-order valence-corrected chi connectivity index (χ0v) is 11.1. The number of aryl methyl sites for hydroxylation is 2. The molecule has 5 heteroatoms. The molecule has 0 fully saturated rings. The van der Waals surface area contributed by atoms with Crippen molar-refractivity contribution in [2.24, 2.45) is 5.73 Å². The molecule has 0 aliphatic carbocycles. The summed E-state index contributed by atoms with van der Waals surface area (Å²) in [7, 11) is 0. The lowest BCUT2D eigenvalue weighted by Gasteiger charge is -2.10. The van der Waals surface area contributed by atoms with Gasteiger partial charge in [0.15, 0.2) is 5.13 Å². The first-order valence-electron chi connectivity index (χ1n) is 5.63. The van der Waals surface area contributed by atoms with Gasteiger partial charge in [-0.1, -0.05) is 30.3 Å². The van der Waals surface area contributed by atoms with E-state index in [2.05, 4.69) is 10.3 Å². The number of nitrogens with zero attached hydrogens (tertiary/aromatic N) is 1. The summed E-state index contributed by atoms with van der Waals surface area (Å²) in [5.74, 6) is -0.241. The van der Waals surface area contributed by atoms with E-state index in [1.54, 1.807) is 0 Å². The van der Waals surface area contributed by atoms with Crippen LogP contribution in [-0.2, 0) is 4.79 Å². The lowest BCUT2D eigenvalue weighted by molar-refractivity contribution is -0.117. The van der Waals surface area contributed by atoms with E-state index in [4.69, 9.17) is 5.73 Å². The fourth-order valence-electron chi connectivity index (χ4n) is 1.52. The molecule has 1 heterocycles. The van der Waals surface area contributed by atoms with Crippen molar-refractivity contribution in [3.05, 3.63) is 46.5 Å². The average Bonchev–Trinajstić information content (AvgIpc) is 2.68. The minimum absolute atomic E-state index is 0.241. The van der Waals surface area contributed by atoms with Gasteiger partial charge in [-0.15, -0.1) is 11.3 Å². The summed E-state index contributed by atoms with van der Waals surface area (Å²) in [5.41, 5.74) is 7.62. The molecule has 4 nitrogen and oxygen atoms in total. The van der Waals surface area contributed by atoms with Crippen LogP contribution in [0.15, 0.2) is 30.3 Å². The van der Waals surface area contributed by atoms with Crippen LogP contribution in [0.5, 0.6) is 0 Å². The second kappa shape index (κ2) is 5.29. The Morgan fingerprint density at radius 1 is 1.33 bits per heavy atom. The van der Waals surface area contributed by atoms with E-state index >= 15 is 0 Å². The monoisotopic (exact) mass is 261 g/mol. The molecule has 0 saturated heterocycles. The van der Waals surface area contributed by atoms with Crippen molar-refractivity contribution in [1.29, 1.82) is 0 Å². The van der Waals surface area contributed by atoms with Gasteiger partial charge in [0.2, 0.25) is 5.91 Å². The van der Waals surface area contributed by atoms with Crippen molar-refractivity contribution >= 4 is 22.4 Å². The van der Waals surface area contributed by atoms with Gasteiger partial charge < -0.3 is 11.1 Å². The third kappa shape index (κ3) is 2.75. The Hall–Kier alpha value is -1.72. The number of aromatic nitrogens is 1. The molecule has 0 spiro atoms. The Morgan fingerprint density at radius 3 is 2.56 bits per heavy atom. The normalized spacial score (nSPS) is 12.2. The van der Waals surface area contributed by atoms with Gasteiger partial charge >= 0.3 is 0 Å². The van der Waals surface area contributed by atoms with Gasteiger partial charge in [0.25, 0.3) is 0 Å². The van der Waals surface area contributed by atoms with E-state index in [0.717, 1.165) is 16.1 Å². The van der Waals surface area contributed by atoms with E-state index in [9.17, 15) is 4.79 Å². The summed E-state index contributed by atoms with van der Waals surface area (Å²) in [6.07, 6.45) is 0. The number of nitrogens with two attached hydrogens (primary N) is 1. The maximum Gasteiger partial charge on any atom is 0.247 e. The third-order valence-corrected chi connectivity index (χ3v) is 3.69. The third-order valence-electron chi connectivity index (χ3n) is 2.70. The molecule has 1 aromatic carbocycles. The number of carbonyl (C=O) groups is 1. The van der Waals surface area contributed by atoms with Crippen molar-refractivity contribution in [1.82, 2.24) is 4.98 Å². The summed E-state index contributed by atoms with van der Waals surface area (Å²) in [6.45, 7) is 3.89. The zero-order chi connectivity index (χ0) is 13.1. The van der Waals surface area contributed by atoms with E-state index < -0.39 is 6.04 Å². The van der Waals surface area contributed by atoms with Crippen molar-refractivity contribution in [2.75, 3.05) is 5.32 Å². The molecular formula is C13H15N3OS. The van der Waals surface area contributed by atoms with Crippen LogP contribution in [-0.4, -0.2) is 10.9 Å². The zero-order valence-electron chi connectivity index (χ0n) is 10.3. The molecule has 0 aliphatic heterocycles. The molecule has 0 bridgehead atoms. The number of hydrogen-bond acceptors (Lipinski definition) is 4. The van der Waals surface area contributed by atoms with Gasteiger partial charge in [0.1, 0.15) is 6.04 Å². The highest BCUT2D eigenvalue weighted by Crippen LogP contribution is 2.22. The number of rotatable bonds is 3. The molecule has 1 atom stereocenters. The van der Waals surface area contributed by atoms with Crippen molar-refractivity contribution in [3.8, 4) is 0 Å². The fourth-order valence-corrected chi connectivity index (χ4v) is 2.34. The number of benzene rings is 1. The molecule has 1 aromatic heterocycles. The average molecular weight is 261 g/mol. The van der Waals surface area contributed by atoms with Crippen molar-refractivity contribution in [2.45, 2.75) is 19.9 Å². The molecule has 0 saturated carbocycles. The van der Waals surface area contributed by atoms with Crippen LogP contribution < -0.4 is 11.1 Å². The number of thiazole rings is 1. The van der Waals surface area contributed by atoms with E-state index in [-0.39, 0.29) is 5.91 Å². The second-order valence-electron chi connectivity index (χ2n) is 4.04. The van der Waals surface area contributed by atoms with Crippen molar-refractivity contribution in [3.63, 3.8) is 0 Å². The van der Waals surface area contributed by atoms with E-state index in [1.807, 2.05) is 44.2 Å². The largest absolute Gasteiger partial charge is 0.316 e. The smallest absolute Gasteiger partial charge is 0.247 e. The standard InChI is InChI=1S/C13H15N3OS/c1-8-9(2)18-13(15-8)16-12(17)11(14)10-6-4-3-5-7-10/h3-7,11H,14H2,1-2H3,(H,15,16,17)/t11-/m0/s1. The van der Waals surface area contributed by atoms with Crippen LogP contribution in [0.3, 0.4) is 0 Å². The van der Waals surface area contributed by atoms with Crippen LogP contribution in [0.1, 0.15) is 22.2 Å². The van der Waals surface area contributed by atoms with E-state index in [1.165, 1.54) is 11.3 Å². The first-order valence-corrected chi connectivity index (χ1v) is 6.45. The fraction of sp³-hybridized carbons (Fsp3) is 0.231. The minimum Gasteiger partial charge on any atom is -0.316 e. The lowest BCUT2D eigenvalue weighted by atomic mass is 10.1. The van der Waals surface area contributed by atoms with Crippen LogP contribution in [0.2, 0.25) is 0 Å². The van der Waals surface area contributed by atoms with Crippen molar-refractivity contribution < 1.29 is 4.79 Å². The maximum absolute atomic E-state index is 12.0. The number of nitrogens with one attached hydrogen (secondary N) is 1. The van der Waals surface area contributed by atoms with Crippen LogP contribution in [0.25, 0.3) is 0 Å². The topological polar surface area (TPSA) is 68.0 Å². The summed E-state index contributed by atoms with van der Waals surface area (Å²) >= 11 is 1.46. The maximum atomic E-state index is 12.0. The predicted molar refractivity (Wildman–Crippen MR) is 73.6 cm³/mol. The first kappa shape index (κ1) is 12.7. The summed E-state index contributed by atoms with van der Waals surface area (Å²) in [4.78, 5) is 17.3. The van der Waals surface area contributed by atoms with Gasteiger partial charge in [-0.25, -0.2) is 4.98 Å². The lowest BCUT2D eigenvalue weighted by Crippen LogP contribution is -2.27. The highest BCUT2D eigenvalue weighted by Gasteiger charge is 2.17. The second-order valence-corrected chi connectivity index (χ2v) is 5.24. The highest BCUT2D eigenvalue weighted by molar-refractivity contribution is 7.15. The molecule has 0 radical (unpaired) electrons. The summed E-state index contributed by atoms with van der Waals surface area (Å²) in [5, 5.41) is 3.34. The molecule has 18 heavy (non-hydrogen) atoms. The molecular weight excluding hydrogens is 246 g/mol. The molecule has 0 aliphatic rings. The Morgan fingerprint density at radius 2 is 2.00 bits per heavy atom. The summed E-state index contributed by atoms with van der Waals surface area (Å²) in [6, 6.07) is 8.61. The van der Waals surface area contributed by atoms with Crippen LogP contribution in [0.4, 0.5) is 5.13 Å². The molecule has 3 N–H and O–H groups in total. The Bertz CT molecular complexity index is 531.